The zero-order valence-electron chi connectivity index (χ0n) is 11.6. The van der Waals surface area contributed by atoms with E-state index in [9.17, 15) is 14.0 Å². The minimum Gasteiger partial charge on any atom is -0.389 e. The van der Waals surface area contributed by atoms with E-state index in [1.54, 1.807) is 6.07 Å². The number of nitrogens with two attached hydrogens (primary N) is 1. The molecule has 1 fully saturated rings. The molecule has 0 spiro atoms. The van der Waals surface area contributed by atoms with Gasteiger partial charge in [0.2, 0.25) is 0 Å². The summed E-state index contributed by atoms with van der Waals surface area (Å²) in [5.74, 6) is -0.796. The van der Waals surface area contributed by atoms with Crippen LogP contribution >= 0.6 is 12.2 Å². The summed E-state index contributed by atoms with van der Waals surface area (Å²) in [6.07, 6.45) is 1.37. The van der Waals surface area contributed by atoms with Crippen LogP contribution in [0.3, 0.4) is 0 Å². The molecule has 2 rings (SSSR count). The van der Waals surface area contributed by atoms with Gasteiger partial charge in [0.1, 0.15) is 16.8 Å². The molecule has 1 atom stereocenters. The molecule has 1 saturated heterocycles. The highest BCUT2D eigenvalue weighted by Gasteiger charge is 2.37. The molecule has 0 bridgehead atoms. The SMILES string of the molecule is CCCC1NC(=O)N(Cc2cc(F)cc(C(N)=S)c2)C1=O. The maximum atomic E-state index is 13.5. The fraction of sp³-hybridized carbons (Fsp3) is 0.357. The summed E-state index contributed by atoms with van der Waals surface area (Å²) in [5.41, 5.74) is 6.32. The second-order valence-corrected chi connectivity index (χ2v) is 5.37. The number of hydrogen-bond donors (Lipinski definition) is 2. The van der Waals surface area contributed by atoms with Gasteiger partial charge in [0.25, 0.3) is 5.91 Å². The summed E-state index contributed by atoms with van der Waals surface area (Å²) in [6.45, 7) is 1.93. The van der Waals surface area contributed by atoms with Crippen LogP contribution in [0.15, 0.2) is 18.2 Å². The van der Waals surface area contributed by atoms with Gasteiger partial charge in [-0.15, -0.1) is 0 Å². The Hall–Kier alpha value is -2.02. The van der Waals surface area contributed by atoms with Crippen LogP contribution in [-0.2, 0) is 11.3 Å². The smallest absolute Gasteiger partial charge is 0.325 e. The summed E-state index contributed by atoms with van der Waals surface area (Å²) in [7, 11) is 0. The monoisotopic (exact) mass is 309 g/mol. The number of nitrogens with zero attached hydrogens (tertiary/aromatic N) is 1. The second-order valence-electron chi connectivity index (χ2n) is 4.93. The Labute approximate surface area is 127 Å². The average molecular weight is 309 g/mol. The van der Waals surface area contributed by atoms with Crippen LogP contribution in [0, 0.1) is 5.82 Å². The van der Waals surface area contributed by atoms with Gasteiger partial charge in [0, 0.05) is 5.56 Å². The van der Waals surface area contributed by atoms with Crippen molar-refractivity contribution in [1.82, 2.24) is 10.2 Å². The Morgan fingerprint density at radius 1 is 1.43 bits per heavy atom. The van der Waals surface area contributed by atoms with Gasteiger partial charge in [-0.05, 0) is 30.2 Å². The van der Waals surface area contributed by atoms with E-state index in [1.807, 2.05) is 6.92 Å². The lowest BCUT2D eigenvalue weighted by Crippen LogP contribution is -2.31. The number of thiocarbonyl (C=S) groups is 1. The first-order chi connectivity index (χ1) is 9.92. The molecule has 5 nitrogen and oxygen atoms in total. The second kappa shape index (κ2) is 6.17. The highest BCUT2D eigenvalue weighted by atomic mass is 32.1. The van der Waals surface area contributed by atoms with E-state index in [0.29, 0.717) is 17.5 Å². The lowest BCUT2D eigenvalue weighted by atomic mass is 10.1. The van der Waals surface area contributed by atoms with Gasteiger partial charge in [-0.3, -0.25) is 9.69 Å². The Morgan fingerprint density at radius 2 is 2.14 bits per heavy atom. The molecule has 1 aliphatic heterocycles. The fourth-order valence-electron chi connectivity index (χ4n) is 2.28. The van der Waals surface area contributed by atoms with Crippen molar-refractivity contribution in [3.63, 3.8) is 0 Å². The third kappa shape index (κ3) is 3.36. The van der Waals surface area contributed by atoms with E-state index in [-0.39, 0.29) is 17.4 Å². The molecular formula is C14H16FN3O2S. The normalized spacial score (nSPS) is 18.0. The molecule has 0 aromatic heterocycles. The number of amides is 3. The maximum Gasteiger partial charge on any atom is 0.325 e. The third-order valence-corrected chi connectivity index (χ3v) is 3.50. The molecule has 3 N–H and O–H groups in total. The number of hydrogen-bond acceptors (Lipinski definition) is 3. The van der Waals surface area contributed by atoms with Gasteiger partial charge in [0.05, 0.1) is 6.54 Å². The van der Waals surface area contributed by atoms with E-state index < -0.39 is 17.9 Å². The minimum atomic E-state index is -0.507. The van der Waals surface area contributed by atoms with Crippen molar-refractivity contribution in [2.45, 2.75) is 32.4 Å². The van der Waals surface area contributed by atoms with Gasteiger partial charge in [-0.2, -0.15) is 0 Å². The molecule has 1 aromatic rings. The van der Waals surface area contributed by atoms with Crippen molar-refractivity contribution in [2.24, 2.45) is 5.73 Å². The van der Waals surface area contributed by atoms with Crippen LogP contribution in [0.5, 0.6) is 0 Å². The van der Waals surface area contributed by atoms with Crippen molar-refractivity contribution >= 4 is 29.1 Å². The van der Waals surface area contributed by atoms with Crippen molar-refractivity contribution in [3.8, 4) is 0 Å². The molecule has 7 heteroatoms. The van der Waals surface area contributed by atoms with E-state index in [2.05, 4.69) is 5.32 Å². The van der Waals surface area contributed by atoms with Crippen LogP contribution in [0.4, 0.5) is 9.18 Å². The zero-order chi connectivity index (χ0) is 15.6. The number of carbonyl (C=O) groups excluding carboxylic acids is 2. The van der Waals surface area contributed by atoms with Crippen LogP contribution in [0.2, 0.25) is 0 Å². The van der Waals surface area contributed by atoms with Gasteiger partial charge in [0.15, 0.2) is 0 Å². The molecule has 0 radical (unpaired) electrons. The summed E-state index contributed by atoms with van der Waals surface area (Å²) in [4.78, 5) is 25.1. The first kappa shape index (κ1) is 15.4. The Morgan fingerprint density at radius 3 is 2.76 bits per heavy atom. The zero-order valence-corrected chi connectivity index (χ0v) is 12.4. The van der Waals surface area contributed by atoms with Gasteiger partial charge >= 0.3 is 6.03 Å². The molecule has 0 aliphatic carbocycles. The standard InChI is InChI=1S/C14H16FN3O2S/c1-2-3-11-13(19)18(14(20)17-11)7-8-4-9(12(16)21)6-10(15)5-8/h4-6,11H,2-3,7H2,1H3,(H2,16,21)(H,17,20). The van der Waals surface area contributed by atoms with Gasteiger partial charge in [-0.25, -0.2) is 9.18 Å². The first-order valence-electron chi connectivity index (χ1n) is 6.63. The quantitative estimate of drug-likeness (QED) is 0.641. The number of imide groups is 1. The summed E-state index contributed by atoms with van der Waals surface area (Å²) >= 11 is 4.81. The summed E-state index contributed by atoms with van der Waals surface area (Å²) < 4.78 is 13.5. The maximum absolute atomic E-state index is 13.5. The van der Waals surface area contributed by atoms with E-state index in [0.717, 1.165) is 11.3 Å². The minimum absolute atomic E-state index is 0.00173. The van der Waals surface area contributed by atoms with Crippen LogP contribution in [-0.4, -0.2) is 27.9 Å². The molecule has 1 aromatic carbocycles. The summed E-state index contributed by atoms with van der Waals surface area (Å²) in [6, 6.07) is 3.11. The van der Waals surface area contributed by atoms with E-state index in [4.69, 9.17) is 18.0 Å². The van der Waals surface area contributed by atoms with Crippen molar-refractivity contribution in [2.75, 3.05) is 0 Å². The molecular weight excluding hydrogens is 293 g/mol. The number of rotatable bonds is 5. The van der Waals surface area contributed by atoms with Crippen LogP contribution < -0.4 is 11.1 Å². The molecule has 1 aliphatic rings. The number of carbonyl (C=O) groups is 2. The average Bonchev–Trinajstić information content (AvgIpc) is 2.66. The lowest BCUT2D eigenvalue weighted by molar-refractivity contribution is -0.128. The predicted octanol–water partition coefficient (Wildman–Crippen LogP) is 1.68. The van der Waals surface area contributed by atoms with E-state index in [1.165, 1.54) is 12.1 Å². The molecule has 1 unspecified atom stereocenters. The molecule has 21 heavy (non-hydrogen) atoms. The molecule has 3 amide bonds. The molecule has 1 heterocycles. The third-order valence-electron chi connectivity index (χ3n) is 3.27. The lowest BCUT2D eigenvalue weighted by Gasteiger charge is -2.14. The highest BCUT2D eigenvalue weighted by molar-refractivity contribution is 7.80. The number of urea groups is 1. The number of benzene rings is 1. The fourth-order valence-corrected chi connectivity index (χ4v) is 2.40. The first-order valence-corrected chi connectivity index (χ1v) is 7.04. The molecule has 0 saturated carbocycles. The summed E-state index contributed by atoms with van der Waals surface area (Å²) in [5, 5.41) is 2.62. The van der Waals surface area contributed by atoms with Gasteiger partial charge < -0.3 is 11.1 Å². The van der Waals surface area contributed by atoms with Crippen molar-refractivity contribution in [3.05, 3.63) is 35.1 Å². The highest BCUT2D eigenvalue weighted by Crippen LogP contribution is 2.17. The van der Waals surface area contributed by atoms with Crippen LogP contribution in [0.25, 0.3) is 0 Å². The Bertz CT molecular complexity index is 606. The predicted molar refractivity (Wildman–Crippen MR) is 80.1 cm³/mol. The van der Waals surface area contributed by atoms with Crippen LogP contribution in [0.1, 0.15) is 30.9 Å². The number of halogens is 1. The number of nitrogens with one attached hydrogen (secondary N) is 1. The topological polar surface area (TPSA) is 75.4 Å². The Kier molecular flexibility index (Phi) is 4.52. The largest absolute Gasteiger partial charge is 0.389 e. The van der Waals surface area contributed by atoms with Crippen molar-refractivity contribution < 1.29 is 14.0 Å². The van der Waals surface area contributed by atoms with E-state index >= 15 is 0 Å². The van der Waals surface area contributed by atoms with Crippen molar-refractivity contribution in [1.29, 1.82) is 0 Å². The Balaban J connectivity index is 2.20. The molecule has 112 valence electrons. The van der Waals surface area contributed by atoms with Gasteiger partial charge in [-0.1, -0.05) is 25.6 Å².